The lowest BCUT2D eigenvalue weighted by atomic mass is 10.0. The molecule has 4 heteroatoms. The van der Waals surface area contributed by atoms with Crippen molar-refractivity contribution in [3.05, 3.63) is 69.7 Å². The van der Waals surface area contributed by atoms with E-state index in [0.29, 0.717) is 0 Å². The minimum Gasteiger partial charge on any atom is -0.323 e. The molecule has 0 fully saturated rings. The molecule has 0 saturated heterocycles. The highest BCUT2D eigenvalue weighted by Gasteiger charge is 2.06. The Labute approximate surface area is 126 Å². The van der Waals surface area contributed by atoms with E-state index >= 15 is 0 Å². The SMILES string of the molecule is CSCc1ccc(C(=NN)c2ccc(Br)cc2)cc1. The van der Waals surface area contributed by atoms with Crippen LogP contribution in [0, 0.1) is 0 Å². The summed E-state index contributed by atoms with van der Waals surface area (Å²) in [6.07, 6.45) is 2.10. The third kappa shape index (κ3) is 3.61. The zero-order valence-corrected chi connectivity index (χ0v) is 13.0. The van der Waals surface area contributed by atoms with Crippen LogP contribution in [0.2, 0.25) is 0 Å². The summed E-state index contributed by atoms with van der Waals surface area (Å²) in [5.41, 5.74) is 4.17. The van der Waals surface area contributed by atoms with Crippen LogP contribution in [-0.4, -0.2) is 12.0 Å². The molecule has 2 nitrogen and oxygen atoms in total. The zero-order valence-electron chi connectivity index (χ0n) is 10.6. The first-order chi connectivity index (χ1) is 9.24. The molecule has 2 rings (SSSR count). The van der Waals surface area contributed by atoms with Crippen LogP contribution in [0.5, 0.6) is 0 Å². The van der Waals surface area contributed by atoms with Gasteiger partial charge in [0.05, 0.1) is 5.71 Å². The van der Waals surface area contributed by atoms with Crippen LogP contribution in [0.15, 0.2) is 58.1 Å². The predicted octanol–water partition coefficient (Wildman–Crippen LogP) is 4.02. The van der Waals surface area contributed by atoms with E-state index < -0.39 is 0 Å². The Bertz CT molecular complexity index is 562. The maximum absolute atomic E-state index is 5.54. The van der Waals surface area contributed by atoms with Gasteiger partial charge in [-0.15, -0.1) is 0 Å². The quantitative estimate of drug-likeness (QED) is 0.521. The van der Waals surface area contributed by atoms with Crippen molar-refractivity contribution in [3.8, 4) is 0 Å². The van der Waals surface area contributed by atoms with E-state index in [1.807, 2.05) is 36.0 Å². The van der Waals surface area contributed by atoms with Crippen LogP contribution < -0.4 is 5.84 Å². The average Bonchev–Trinajstić information content (AvgIpc) is 2.44. The number of rotatable bonds is 4. The van der Waals surface area contributed by atoms with Crippen LogP contribution in [0.4, 0.5) is 0 Å². The Kier molecular flexibility index (Phi) is 5.05. The van der Waals surface area contributed by atoms with Gasteiger partial charge in [-0.2, -0.15) is 16.9 Å². The summed E-state index contributed by atoms with van der Waals surface area (Å²) in [4.78, 5) is 0. The van der Waals surface area contributed by atoms with Gasteiger partial charge in [0.25, 0.3) is 0 Å². The lowest BCUT2D eigenvalue weighted by molar-refractivity contribution is 1.24. The van der Waals surface area contributed by atoms with Crippen molar-refractivity contribution >= 4 is 33.4 Å². The summed E-state index contributed by atoms with van der Waals surface area (Å²) in [7, 11) is 0. The van der Waals surface area contributed by atoms with Crippen molar-refractivity contribution in [3.63, 3.8) is 0 Å². The van der Waals surface area contributed by atoms with Crippen molar-refractivity contribution in [2.24, 2.45) is 10.9 Å². The van der Waals surface area contributed by atoms with Gasteiger partial charge in [0.1, 0.15) is 0 Å². The van der Waals surface area contributed by atoms with E-state index in [9.17, 15) is 0 Å². The highest BCUT2D eigenvalue weighted by Crippen LogP contribution is 2.16. The number of halogens is 1. The van der Waals surface area contributed by atoms with Crippen molar-refractivity contribution in [1.29, 1.82) is 0 Å². The maximum Gasteiger partial charge on any atom is 0.0971 e. The first-order valence-corrected chi connectivity index (χ1v) is 8.05. The summed E-state index contributed by atoms with van der Waals surface area (Å²) in [5, 5.41) is 3.93. The Morgan fingerprint density at radius 2 is 1.58 bits per heavy atom. The summed E-state index contributed by atoms with van der Waals surface area (Å²) < 4.78 is 1.04. The summed E-state index contributed by atoms with van der Waals surface area (Å²) in [5.74, 6) is 6.57. The molecule has 0 aliphatic carbocycles. The molecule has 0 aliphatic heterocycles. The Hall–Kier alpha value is -1.26. The first-order valence-electron chi connectivity index (χ1n) is 5.86. The molecular weight excluding hydrogens is 320 g/mol. The molecular formula is C15H15BrN2S. The highest BCUT2D eigenvalue weighted by atomic mass is 79.9. The Balaban J connectivity index is 2.29. The second-order valence-electron chi connectivity index (χ2n) is 4.11. The second-order valence-corrected chi connectivity index (χ2v) is 5.90. The van der Waals surface area contributed by atoms with Gasteiger partial charge < -0.3 is 5.84 Å². The minimum atomic E-state index is 0.809. The molecule has 0 aliphatic rings. The van der Waals surface area contributed by atoms with Crippen LogP contribution in [0.25, 0.3) is 0 Å². The molecule has 0 heterocycles. The molecule has 2 aromatic carbocycles. The molecule has 0 radical (unpaired) electrons. The first kappa shape index (κ1) is 14.2. The average molecular weight is 335 g/mol. The van der Waals surface area contributed by atoms with E-state index in [-0.39, 0.29) is 0 Å². The lowest BCUT2D eigenvalue weighted by Gasteiger charge is -2.07. The smallest absolute Gasteiger partial charge is 0.0971 e. The number of hydrogen-bond donors (Lipinski definition) is 1. The summed E-state index contributed by atoms with van der Waals surface area (Å²) >= 11 is 5.24. The number of thioether (sulfide) groups is 1. The number of benzene rings is 2. The third-order valence-corrected chi connectivity index (χ3v) is 3.94. The van der Waals surface area contributed by atoms with Crippen molar-refractivity contribution < 1.29 is 0 Å². The van der Waals surface area contributed by atoms with Gasteiger partial charge in [-0.3, -0.25) is 0 Å². The fraction of sp³-hybridized carbons (Fsp3) is 0.133. The summed E-state index contributed by atoms with van der Waals surface area (Å²) in [6, 6.07) is 16.4. The zero-order chi connectivity index (χ0) is 13.7. The fourth-order valence-corrected chi connectivity index (χ4v) is 2.64. The standard InChI is InChI=1S/C15H15BrN2S/c1-19-10-11-2-4-12(5-3-11)15(18-17)13-6-8-14(16)9-7-13/h2-9H,10,17H2,1H3. The molecule has 0 spiro atoms. The minimum absolute atomic E-state index is 0.809. The molecule has 19 heavy (non-hydrogen) atoms. The molecule has 0 saturated carbocycles. The number of hydrogen-bond acceptors (Lipinski definition) is 3. The molecule has 0 bridgehead atoms. The van der Waals surface area contributed by atoms with Crippen LogP contribution in [-0.2, 0) is 5.75 Å². The number of nitrogens with zero attached hydrogens (tertiary/aromatic N) is 1. The number of hydrazone groups is 1. The molecule has 2 N–H and O–H groups in total. The van der Waals surface area contributed by atoms with Gasteiger partial charge in [-0.1, -0.05) is 52.3 Å². The second kappa shape index (κ2) is 6.78. The van der Waals surface area contributed by atoms with E-state index in [4.69, 9.17) is 5.84 Å². The van der Waals surface area contributed by atoms with Crippen LogP contribution in [0.1, 0.15) is 16.7 Å². The molecule has 0 aromatic heterocycles. The Morgan fingerprint density at radius 3 is 2.05 bits per heavy atom. The largest absolute Gasteiger partial charge is 0.323 e. The van der Waals surface area contributed by atoms with Crippen molar-refractivity contribution in [2.45, 2.75) is 5.75 Å². The van der Waals surface area contributed by atoms with Gasteiger partial charge in [-0.25, -0.2) is 0 Å². The van der Waals surface area contributed by atoms with E-state index in [1.54, 1.807) is 0 Å². The third-order valence-electron chi connectivity index (χ3n) is 2.79. The monoisotopic (exact) mass is 334 g/mol. The van der Waals surface area contributed by atoms with E-state index in [1.165, 1.54) is 5.56 Å². The van der Waals surface area contributed by atoms with Crippen LogP contribution >= 0.6 is 27.7 Å². The van der Waals surface area contributed by atoms with E-state index in [2.05, 4.69) is 51.6 Å². The van der Waals surface area contributed by atoms with Gasteiger partial charge in [-0.05, 0) is 24.0 Å². The predicted molar refractivity (Wildman–Crippen MR) is 87.6 cm³/mol. The fourth-order valence-electron chi connectivity index (χ4n) is 1.85. The van der Waals surface area contributed by atoms with E-state index in [0.717, 1.165) is 27.1 Å². The molecule has 2 aromatic rings. The summed E-state index contributed by atoms with van der Waals surface area (Å²) in [6.45, 7) is 0. The molecule has 0 atom stereocenters. The van der Waals surface area contributed by atoms with Crippen LogP contribution in [0.3, 0.4) is 0 Å². The maximum atomic E-state index is 5.54. The molecule has 0 amide bonds. The normalized spacial score (nSPS) is 11.6. The number of nitrogens with two attached hydrogens (primary N) is 1. The molecule has 98 valence electrons. The van der Waals surface area contributed by atoms with Gasteiger partial charge >= 0.3 is 0 Å². The van der Waals surface area contributed by atoms with Gasteiger partial charge in [0.2, 0.25) is 0 Å². The topological polar surface area (TPSA) is 38.4 Å². The highest BCUT2D eigenvalue weighted by molar-refractivity contribution is 9.10. The van der Waals surface area contributed by atoms with Gasteiger partial charge in [0, 0.05) is 21.4 Å². The van der Waals surface area contributed by atoms with Gasteiger partial charge in [0.15, 0.2) is 0 Å². The van der Waals surface area contributed by atoms with Crippen molar-refractivity contribution in [1.82, 2.24) is 0 Å². The lowest BCUT2D eigenvalue weighted by Crippen LogP contribution is -2.06. The Morgan fingerprint density at radius 1 is 1.05 bits per heavy atom. The molecule has 0 unspecified atom stereocenters. The van der Waals surface area contributed by atoms with Crippen molar-refractivity contribution in [2.75, 3.05) is 6.26 Å².